The van der Waals surface area contributed by atoms with Gasteiger partial charge in [0.05, 0.1) is 6.54 Å². The van der Waals surface area contributed by atoms with Crippen molar-refractivity contribution in [2.24, 2.45) is 0 Å². The smallest absolute Gasteiger partial charge is 0.239 e. The quantitative estimate of drug-likeness (QED) is 0.772. The summed E-state index contributed by atoms with van der Waals surface area (Å²) < 4.78 is 25.8. The van der Waals surface area contributed by atoms with Crippen molar-refractivity contribution in [1.29, 1.82) is 0 Å². The van der Waals surface area contributed by atoms with Crippen molar-refractivity contribution in [3.05, 3.63) is 65.7 Å². The van der Waals surface area contributed by atoms with Gasteiger partial charge in [-0.15, -0.1) is 0 Å². The monoisotopic (exact) mass is 304 g/mol. The molecule has 1 amide bonds. The molecular formula is C17H18F2N2O. The fraction of sp³-hybridized carbons (Fsp3) is 0.235. The fourth-order valence-electron chi connectivity index (χ4n) is 2.02. The average molecular weight is 304 g/mol. The van der Waals surface area contributed by atoms with E-state index in [1.165, 1.54) is 11.6 Å². The molecule has 0 aliphatic rings. The van der Waals surface area contributed by atoms with Crippen LogP contribution < -0.4 is 10.6 Å². The lowest BCUT2D eigenvalue weighted by Crippen LogP contribution is -2.30. The summed E-state index contributed by atoms with van der Waals surface area (Å²) in [6.45, 7) is 0.601. The molecule has 2 aromatic carbocycles. The molecule has 0 aliphatic carbocycles. The lowest BCUT2D eigenvalue weighted by Gasteiger charge is -2.08. The van der Waals surface area contributed by atoms with Gasteiger partial charge in [0.15, 0.2) is 11.6 Å². The van der Waals surface area contributed by atoms with Crippen molar-refractivity contribution >= 4 is 11.6 Å². The van der Waals surface area contributed by atoms with Gasteiger partial charge in [-0.25, -0.2) is 8.78 Å². The summed E-state index contributed by atoms with van der Waals surface area (Å²) in [6, 6.07) is 13.5. The van der Waals surface area contributed by atoms with E-state index < -0.39 is 11.6 Å². The number of rotatable bonds is 7. The summed E-state index contributed by atoms with van der Waals surface area (Å²) in [5.41, 5.74) is 1.61. The first kappa shape index (κ1) is 15.9. The first-order chi connectivity index (χ1) is 10.6. The van der Waals surface area contributed by atoms with Crippen LogP contribution in [0.4, 0.5) is 14.5 Å². The topological polar surface area (TPSA) is 41.1 Å². The highest BCUT2D eigenvalue weighted by Gasteiger charge is 2.04. The number of amides is 1. The zero-order valence-corrected chi connectivity index (χ0v) is 12.1. The molecule has 116 valence electrons. The minimum Gasteiger partial charge on any atom is -0.376 e. The predicted molar refractivity (Wildman–Crippen MR) is 82.6 cm³/mol. The molecule has 0 saturated carbocycles. The van der Waals surface area contributed by atoms with E-state index in [0.29, 0.717) is 12.2 Å². The first-order valence-electron chi connectivity index (χ1n) is 7.15. The first-order valence-corrected chi connectivity index (χ1v) is 7.15. The molecule has 0 aromatic heterocycles. The van der Waals surface area contributed by atoms with E-state index in [0.717, 1.165) is 25.0 Å². The second-order valence-electron chi connectivity index (χ2n) is 4.92. The molecule has 0 radical (unpaired) electrons. The van der Waals surface area contributed by atoms with Crippen molar-refractivity contribution in [3.63, 3.8) is 0 Å². The number of hydrogen-bond donors (Lipinski definition) is 2. The van der Waals surface area contributed by atoms with Gasteiger partial charge in [-0.3, -0.25) is 4.79 Å². The van der Waals surface area contributed by atoms with Gasteiger partial charge in [0.25, 0.3) is 0 Å². The van der Waals surface area contributed by atoms with E-state index in [4.69, 9.17) is 0 Å². The zero-order valence-electron chi connectivity index (χ0n) is 12.1. The minimum atomic E-state index is -0.937. The Kier molecular flexibility index (Phi) is 5.89. The molecule has 0 heterocycles. The summed E-state index contributed by atoms with van der Waals surface area (Å²) in [5.74, 6) is -2.03. The molecule has 0 unspecified atom stereocenters. The Morgan fingerprint density at radius 2 is 1.77 bits per heavy atom. The summed E-state index contributed by atoms with van der Waals surface area (Å²) in [6.07, 6.45) is 1.75. The minimum absolute atomic E-state index is 0.0242. The van der Waals surface area contributed by atoms with Crippen LogP contribution in [0, 0.1) is 11.6 Å². The van der Waals surface area contributed by atoms with Crippen LogP contribution in [-0.2, 0) is 11.2 Å². The molecular weight excluding hydrogens is 286 g/mol. The molecule has 0 saturated heterocycles. The van der Waals surface area contributed by atoms with Crippen LogP contribution >= 0.6 is 0 Å². The van der Waals surface area contributed by atoms with Crippen LogP contribution in [0.15, 0.2) is 48.5 Å². The van der Waals surface area contributed by atoms with E-state index in [1.807, 2.05) is 30.3 Å². The van der Waals surface area contributed by atoms with Crippen LogP contribution in [0.2, 0.25) is 0 Å². The van der Waals surface area contributed by atoms with Gasteiger partial charge in [0, 0.05) is 18.3 Å². The molecule has 0 fully saturated rings. The second-order valence-corrected chi connectivity index (χ2v) is 4.92. The van der Waals surface area contributed by atoms with Gasteiger partial charge in [0.1, 0.15) is 0 Å². The van der Waals surface area contributed by atoms with Crippen molar-refractivity contribution in [2.45, 2.75) is 12.8 Å². The van der Waals surface area contributed by atoms with Crippen LogP contribution in [0.5, 0.6) is 0 Å². The lowest BCUT2D eigenvalue weighted by molar-refractivity contribution is -0.119. The molecule has 0 bridgehead atoms. The molecule has 2 N–H and O–H groups in total. The van der Waals surface area contributed by atoms with Gasteiger partial charge in [-0.1, -0.05) is 30.3 Å². The molecule has 0 atom stereocenters. The van der Waals surface area contributed by atoms with Gasteiger partial charge < -0.3 is 10.6 Å². The Morgan fingerprint density at radius 1 is 1.00 bits per heavy atom. The number of anilines is 1. The zero-order chi connectivity index (χ0) is 15.8. The molecule has 0 aliphatic heterocycles. The molecule has 22 heavy (non-hydrogen) atoms. The Hall–Kier alpha value is -2.43. The van der Waals surface area contributed by atoms with E-state index in [9.17, 15) is 13.6 Å². The number of hydrogen-bond acceptors (Lipinski definition) is 2. The standard InChI is InChI=1S/C17H18F2N2O/c18-15-9-8-14(11-16(15)19)21-12-17(22)20-10-4-7-13-5-2-1-3-6-13/h1-3,5-6,8-9,11,21H,4,7,10,12H2,(H,20,22). The average Bonchev–Trinajstić information content (AvgIpc) is 2.54. The molecule has 3 nitrogen and oxygen atoms in total. The summed E-state index contributed by atoms with van der Waals surface area (Å²) in [7, 11) is 0. The van der Waals surface area contributed by atoms with E-state index in [-0.39, 0.29) is 12.5 Å². The maximum Gasteiger partial charge on any atom is 0.239 e. The highest BCUT2D eigenvalue weighted by atomic mass is 19.2. The van der Waals surface area contributed by atoms with Crippen molar-refractivity contribution < 1.29 is 13.6 Å². The Balaban J connectivity index is 1.64. The van der Waals surface area contributed by atoms with Crippen molar-refractivity contribution in [1.82, 2.24) is 5.32 Å². The van der Waals surface area contributed by atoms with E-state index in [1.54, 1.807) is 0 Å². The summed E-state index contributed by atoms with van der Waals surface area (Å²) >= 11 is 0. The SMILES string of the molecule is O=C(CNc1ccc(F)c(F)c1)NCCCc1ccccc1. The highest BCUT2D eigenvalue weighted by molar-refractivity contribution is 5.80. The third kappa shape index (κ3) is 5.16. The molecule has 2 aromatic rings. The van der Waals surface area contributed by atoms with Crippen LogP contribution in [0.3, 0.4) is 0 Å². The Labute approximate surface area is 128 Å². The van der Waals surface area contributed by atoms with Gasteiger partial charge >= 0.3 is 0 Å². The van der Waals surface area contributed by atoms with Crippen LogP contribution in [0.1, 0.15) is 12.0 Å². The van der Waals surface area contributed by atoms with Crippen molar-refractivity contribution in [2.75, 3.05) is 18.4 Å². The van der Waals surface area contributed by atoms with Crippen molar-refractivity contribution in [3.8, 4) is 0 Å². The Morgan fingerprint density at radius 3 is 2.50 bits per heavy atom. The van der Waals surface area contributed by atoms with Gasteiger partial charge in [-0.2, -0.15) is 0 Å². The lowest BCUT2D eigenvalue weighted by atomic mass is 10.1. The highest BCUT2D eigenvalue weighted by Crippen LogP contribution is 2.12. The maximum atomic E-state index is 13.0. The van der Waals surface area contributed by atoms with Crippen LogP contribution in [0.25, 0.3) is 0 Å². The van der Waals surface area contributed by atoms with E-state index in [2.05, 4.69) is 10.6 Å². The number of carbonyl (C=O) groups excluding carboxylic acids is 1. The molecule has 2 rings (SSSR count). The third-order valence-electron chi connectivity index (χ3n) is 3.18. The number of aryl methyl sites for hydroxylation is 1. The second kappa shape index (κ2) is 8.12. The molecule has 5 heteroatoms. The number of carbonyl (C=O) groups is 1. The van der Waals surface area contributed by atoms with Gasteiger partial charge in [-0.05, 0) is 30.5 Å². The summed E-state index contributed by atoms with van der Waals surface area (Å²) in [4.78, 5) is 11.6. The maximum absolute atomic E-state index is 13.0. The van der Waals surface area contributed by atoms with Gasteiger partial charge in [0.2, 0.25) is 5.91 Å². The molecule has 0 spiro atoms. The normalized spacial score (nSPS) is 10.3. The number of nitrogens with one attached hydrogen (secondary N) is 2. The number of benzene rings is 2. The van der Waals surface area contributed by atoms with E-state index >= 15 is 0 Å². The Bertz CT molecular complexity index is 617. The largest absolute Gasteiger partial charge is 0.376 e. The van der Waals surface area contributed by atoms with Crippen LogP contribution in [-0.4, -0.2) is 19.0 Å². The predicted octanol–water partition coefficient (Wildman–Crippen LogP) is 3.13. The third-order valence-corrected chi connectivity index (χ3v) is 3.18. The fourth-order valence-corrected chi connectivity index (χ4v) is 2.02. The number of halogens is 2. The summed E-state index contributed by atoms with van der Waals surface area (Å²) in [5, 5.41) is 5.53.